The van der Waals surface area contributed by atoms with Crippen molar-refractivity contribution in [3.8, 4) is 16.2 Å². The topological polar surface area (TPSA) is 112 Å². The number of hydrogen-bond acceptors (Lipinski definition) is 5. The van der Waals surface area contributed by atoms with Crippen LogP contribution >= 0.6 is 11.3 Å². The highest BCUT2D eigenvalue weighted by Gasteiger charge is 2.10. The van der Waals surface area contributed by atoms with Crippen molar-refractivity contribution < 1.29 is 4.74 Å². The number of fused-ring (bicyclic) bond motifs is 1. The molecule has 7 heteroatoms. The molecule has 0 saturated carbocycles. The van der Waals surface area contributed by atoms with E-state index in [0.717, 1.165) is 29.8 Å². The molecule has 34 heavy (non-hydrogen) atoms. The van der Waals surface area contributed by atoms with Gasteiger partial charge in [0.2, 0.25) is 0 Å². The molecule has 0 unspecified atom stereocenters. The number of hydrogen-bond donors (Lipinski definition) is 4. The van der Waals surface area contributed by atoms with E-state index in [1.54, 1.807) is 0 Å². The van der Waals surface area contributed by atoms with E-state index in [1.807, 2.05) is 23.5 Å². The van der Waals surface area contributed by atoms with Crippen LogP contribution in [0.3, 0.4) is 0 Å². The number of aliphatic imine (C=N–C) groups is 1. The summed E-state index contributed by atoms with van der Waals surface area (Å²) < 4.78 is 7.34. The highest BCUT2D eigenvalue weighted by Crippen LogP contribution is 2.35. The molecule has 0 spiro atoms. The lowest BCUT2D eigenvalue weighted by molar-refractivity contribution is 0.309. The van der Waals surface area contributed by atoms with E-state index in [1.165, 1.54) is 26.1 Å². The van der Waals surface area contributed by atoms with Gasteiger partial charge in [0.05, 0.1) is 13.2 Å². The molecule has 6 nitrogen and oxygen atoms in total. The van der Waals surface area contributed by atoms with Crippen LogP contribution in [0.4, 0.5) is 0 Å². The van der Waals surface area contributed by atoms with Gasteiger partial charge in [0.15, 0.2) is 5.96 Å². The number of rotatable bonds is 11. The summed E-state index contributed by atoms with van der Waals surface area (Å²) >= 11 is 1.81. The Morgan fingerprint density at radius 2 is 1.71 bits per heavy atom. The third-order valence-electron chi connectivity index (χ3n) is 5.49. The predicted molar refractivity (Wildman–Crippen MR) is 143 cm³/mol. The fourth-order valence-electron chi connectivity index (χ4n) is 3.69. The first-order valence-electron chi connectivity index (χ1n) is 11.4. The summed E-state index contributed by atoms with van der Waals surface area (Å²) in [7, 11) is 0. The molecular weight excluding hydrogens is 442 g/mol. The van der Waals surface area contributed by atoms with Crippen LogP contribution in [0.5, 0.6) is 5.75 Å². The van der Waals surface area contributed by atoms with Crippen molar-refractivity contribution in [2.75, 3.05) is 13.2 Å². The number of ether oxygens (including phenoxy) is 1. The summed E-state index contributed by atoms with van der Waals surface area (Å²) in [6.45, 7) is 3.17. The van der Waals surface area contributed by atoms with Crippen LogP contribution in [0.1, 0.15) is 23.1 Å². The summed E-state index contributed by atoms with van der Waals surface area (Å²) in [4.78, 5) is 5.31. The van der Waals surface area contributed by atoms with Crippen LogP contribution in [-0.4, -0.2) is 19.1 Å². The molecule has 1 heterocycles. The Balaban J connectivity index is 1.46. The number of nitrogens with one attached hydrogen (secondary N) is 1. The lowest BCUT2D eigenvalue weighted by atomic mass is 10.1. The maximum atomic E-state index is 6.04. The lowest BCUT2D eigenvalue weighted by Crippen LogP contribution is -2.22. The van der Waals surface area contributed by atoms with E-state index in [2.05, 4.69) is 71.0 Å². The first-order valence-corrected chi connectivity index (χ1v) is 12.2. The van der Waals surface area contributed by atoms with Gasteiger partial charge < -0.3 is 27.3 Å². The first-order chi connectivity index (χ1) is 16.6. The molecule has 0 saturated heterocycles. The summed E-state index contributed by atoms with van der Waals surface area (Å²) in [5.41, 5.74) is 21.1. The van der Waals surface area contributed by atoms with Gasteiger partial charge in [0, 0.05) is 28.2 Å². The minimum absolute atomic E-state index is 0.105. The zero-order valence-electron chi connectivity index (χ0n) is 19.2. The maximum absolute atomic E-state index is 6.04. The normalized spacial score (nSPS) is 11.0. The van der Waals surface area contributed by atoms with Gasteiger partial charge in [-0.2, -0.15) is 0 Å². The average molecular weight is 474 g/mol. The third kappa shape index (κ3) is 6.35. The Hall–Kier alpha value is -3.39. The highest BCUT2D eigenvalue weighted by molar-refractivity contribution is 7.22. The van der Waals surface area contributed by atoms with E-state index in [-0.39, 0.29) is 5.96 Å². The zero-order chi connectivity index (χ0) is 23.8. The Kier molecular flexibility index (Phi) is 8.14. The van der Waals surface area contributed by atoms with Gasteiger partial charge in [-0.1, -0.05) is 42.5 Å². The average Bonchev–Trinajstić information content (AvgIpc) is 3.29. The van der Waals surface area contributed by atoms with Crippen LogP contribution in [0, 0.1) is 0 Å². The molecule has 0 bridgehead atoms. The molecule has 0 radical (unpaired) electrons. The molecule has 4 rings (SSSR count). The monoisotopic (exact) mass is 473 g/mol. The van der Waals surface area contributed by atoms with E-state index in [4.69, 9.17) is 21.9 Å². The molecule has 0 atom stereocenters. The SMILES string of the molecule is NCCCOc1ccc(-c2cc3ccccc3s2)cc1CNCc1ccc(CN=C(N)N)cc1. The van der Waals surface area contributed by atoms with Gasteiger partial charge in [0.1, 0.15) is 5.75 Å². The second-order valence-corrected chi connectivity index (χ2v) is 9.21. The van der Waals surface area contributed by atoms with Crippen LogP contribution in [0.2, 0.25) is 0 Å². The van der Waals surface area contributed by atoms with Crippen molar-refractivity contribution in [1.82, 2.24) is 5.32 Å². The Labute approximate surface area is 204 Å². The van der Waals surface area contributed by atoms with Crippen LogP contribution in [0.15, 0.2) is 77.8 Å². The quantitative estimate of drug-likeness (QED) is 0.147. The molecule has 0 fully saturated rings. The van der Waals surface area contributed by atoms with Crippen molar-refractivity contribution in [2.24, 2.45) is 22.2 Å². The Morgan fingerprint density at radius 1 is 0.912 bits per heavy atom. The molecule has 176 valence electrons. The Morgan fingerprint density at radius 3 is 2.47 bits per heavy atom. The molecule has 1 aromatic heterocycles. The maximum Gasteiger partial charge on any atom is 0.186 e. The van der Waals surface area contributed by atoms with Crippen molar-refractivity contribution in [3.05, 3.63) is 89.5 Å². The summed E-state index contributed by atoms with van der Waals surface area (Å²) in [6.07, 6.45) is 0.830. The number of guanidine groups is 1. The molecule has 3 aromatic carbocycles. The standard InChI is InChI=1S/C27H31N5OS/c28-12-3-13-33-24-11-10-22(26-15-21-4-1-2-5-25(21)34-26)14-23(24)18-31-16-19-6-8-20(9-7-19)17-32-27(29)30/h1-2,4-11,14-15,31H,3,12-13,16-18,28H2,(H4,29,30,32). The highest BCUT2D eigenvalue weighted by atomic mass is 32.1. The minimum Gasteiger partial charge on any atom is -0.493 e. The van der Waals surface area contributed by atoms with Crippen molar-refractivity contribution in [2.45, 2.75) is 26.1 Å². The van der Waals surface area contributed by atoms with E-state index in [9.17, 15) is 0 Å². The van der Waals surface area contributed by atoms with Crippen LogP contribution in [0.25, 0.3) is 20.5 Å². The number of benzene rings is 3. The molecule has 0 amide bonds. The lowest BCUT2D eigenvalue weighted by Gasteiger charge is -2.14. The molecule has 4 aromatic rings. The van der Waals surface area contributed by atoms with Crippen molar-refractivity contribution in [1.29, 1.82) is 0 Å². The number of thiophene rings is 1. The van der Waals surface area contributed by atoms with Crippen LogP contribution < -0.4 is 27.3 Å². The van der Waals surface area contributed by atoms with Crippen molar-refractivity contribution in [3.63, 3.8) is 0 Å². The third-order valence-corrected chi connectivity index (χ3v) is 6.65. The summed E-state index contributed by atoms with van der Waals surface area (Å²) in [5, 5.41) is 4.83. The molecule has 0 aliphatic heterocycles. The zero-order valence-corrected chi connectivity index (χ0v) is 20.0. The van der Waals surface area contributed by atoms with E-state index in [0.29, 0.717) is 26.2 Å². The molecule has 0 aliphatic rings. The van der Waals surface area contributed by atoms with Gasteiger partial charge in [-0.15, -0.1) is 11.3 Å². The predicted octanol–water partition coefficient (Wildman–Crippen LogP) is 4.36. The number of nitrogens with two attached hydrogens (primary N) is 3. The summed E-state index contributed by atoms with van der Waals surface area (Å²) in [6, 6.07) is 25.5. The Bertz CT molecular complexity index is 1210. The van der Waals surface area contributed by atoms with Crippen LogP contribution in [-0.2, 0) is 19.6 Å². The van der Waals surface area contributed by atoms with E-state index < -0.39 is 0 Å². The molecular formula is C27H31N5OS. The first kappa shape index (κ1) is 23.8. The fraction of sp³-hybridized carbons (Fsp3) is 0.222. The van der Waals surface area contributed by atoms with Gasteiger partial charge in [0.25, 0.3) is 0 Å². The number of nitrogens with zero attached hydrogens (tertiary/aromatic N) is 1. The van der Waals surface area contributed by atoms with Gasteiger partial charge in [-0.05, 0) is 65.4 Å². The largest absolute Gasteiger partial charge is 0.493 e. The van der Waals surface area contributed by atoms with Crippen molar-refractivity contribution >= 4 is 27.4 Å². The summed E-state index contributed by atoms with van der Waals surface area (Å²) in [5.74, 6) is 1.01. The second kappa shape index (κ2) is 11.7. The van der Waals surface area contributed by atoms with E-state index >= 15 is 0 Å². The molecule has 7 N–H and O–H groups in total. The van der Waals surface area contributed by atoms with Gasteiger partial charge in [-0.25, -0.2) is 4.99 Å². The molecule has 0 aliphatic carbocycles. The minimum atomic E-state index is 0.105. The smallest absolute Gasteiger partial charge is 0.186 e. The fourth-order valence-corrected chi connectivity index (χ4v) is 4.75. The van der Waals surface area contributed by atoms with Gasteiger partial charge in [-0.3, -0.25) is 0 Å². The second-order valence-electron chi connectivity index (χ2n) is 8.12. The van der Waals surface area contributed by atoms with Gasteiger partial charge >= 0.3 is 0 Å².